The average Bonchev–Trinajstić information content (AvgIpc) is 2.05. The quantitative estimate of drug-likeness (QED) is 0.591. The first-order valence-corrected chi connectivity index (χ1v) is 4.18. The molecule has 2 atom stereocenters. The van der Waals surface area contributed by atoms with E-state index in [0.29, 0.717) is 19.1 Å². The van der Waals surface area contributed by atoms with Crippen molar-refractivity contribution in [2.75, 3.05) is 19.8 Å². The van der Waals surface area contributed by atoms with Gasteiger partial charge >= 0.3 is 0 Å². The molecule has 2 unspecified atom stereocenters. The van der Waals surface area contributed by atoms with E-state index in [1.807, 2.05) is 0 Å². The summed E-state index contributed by atoms with van der Waals surface area (Å²) in [5.41, 5.74) is 5.48. The van der Waals surface area contributed by atoms with Crippen LogP contribution in [0, 0.1) is 5.92 Å². The molecule has 11 heavy (non-hydrogen) atoms. The van der Waals surface area contributed by atoms with Crippen molar-refractivity contribution >= 4 is 0 Å². The van der Waals surface area contributed by atoms with E-state index in [1.54, 1.807) is 0 Å². The molecule has 0 spiro atoms. The summed E-state index contributed by atoms with van der Waals surface area (Å²) in [6, 6.07) is 0. The molecule has 3 heteroatoms. The lowest BCUT2D eigenvalue weighted by Gasteiger charge is -2.21. The fourth-order valence-corrected chi connectivity index (χ4v) is 0.932. The minimum Gasteiger partial charge on any atom is -0.394 e. The van der Waals surface area contributed by atoms with Crippen LogP contribution >= 0.6 is 0 Å². The Bertz CT molecular complexity index is 88.2. The number of nitrogens with two attached hydrogens (primary N) is 1. The SMILES string of the molecule is CCC(C)C(CN)OCCO. The molecule has 0 aromatic rings. The zero-order chi connectivity index (χ0) is 8.69. The van der Waals surface area contributed by atoms with Crippen molar-refractivity contribution < 1.29 is 9.84 Å². The molecule has 0 rings (SSSR count). The van der Waals surface area contributed by atoms with Gasteiger partial charge in [-0.15, -0.1) is 0 Å². The molecular formula is C8H19NO2. The lowest BCUT2D eigenvalue weighted by molar-refractivity contribution is 0.00356. The number of aliphatic hydroxyl groups is 1. The van der Waals surface area contributed by atoms with E-state index < -0.39 is 0 Å². The third kappa shape index (κ3) is 4.35. The van der Waals surface area contributed by atoms with Crippen LogP contribution in [0.1, 0.15) is 20.3 Å². The van der Waals surface area contributed by atoms with E-state index in [-0.39, 0.29) is 12.7 Å². The molecule has 0 saturated carbocycles. The summed E-state index contributed by atoms with van der Waals surface area (Å²) < 4.78 is 5.32. The zero-order valence-electron chi connectivity index (χ0n) is 7.42. The van der Waals surface area contributed by atoms with E-state index in [9.17, 15) is 0 Å². The normalized spacial score (nSPS) is 16.4. The molecule has 0 saturated heterocycles. The summed E-state index contributed by atoms with van der Waals surface area (Å²) in [6.45, 7) is 5.22. The van der Waals surface area contributed by atoms with Crippen LogP contribution in [-0.2, 0) is 4.74 Å². The standard InChI is InChI=1S/C8H19NO2/c1-3-7(2)8(6-9)11-5-4-10/h7-8,10H,3-6,9H2,1-2H3. The Morgan fingerprint density at radius 1 is 1.55 bits per heavy atom. The number of rotatable bonds is 6. The van der Waals surface area contributed by atoms with Gasteiger partial charge < -0.3 is 15.6 Å². The first-order valence-electron chi connectivity index (χ1n) is 4.18. The highest BCUT2D eigenvalue weighted by molar-refractivity contribution is 4.65. The molecule has 3 nitrogen and oxygen atoms in total. The molecule has 0 amide bonds. The van der Waals surface area contributed by atoms with Gasteiger partial charge in [0.25, 0.3) is 0 Å². The highest BCUT2D eigenvalue weighted by atomic mass is 16.5. The van der Waals surface area contributed by atoms with Gasteiger partial charge in [-0.1, -0.05) is 20.3 Å². The van der Waals surface area contributed by atoms with E-state index in [0.717, 1.165) is 6.42 Å². The van der Waals surface area contributed by atoms with Crippen molar-refractivity contribution in [2.24, 2.45) is 11.7 Å². The Morgan fingerprint density at radius 2 is 2.18 bits per heavy atom. The largest absolute Gasteiger partial charge is 0.394 e. The van der Waals surface area contributed by atoms with E-state index >= 15 is 0 Å². The third-order valence-corrected chi connectivity index (χ3v) is 1.93. The van der Waals surface area contributed by atoms with Crippen molar-refractivity contribution in [2.45, 2.75) is 26.4 Å². The summed E-state index contributed by atoms with van der Waals surface area (Å²) >= 11 is 0. The summed E-state index contributed by atoms with van der Waals surface area (Å²) in [4.78, 5) is 0. The van der Waals surface area contributed by atoms with Crippen LogP contribution in [0.3, 0.4) is 0 Å². The van der Waals surface area contributed by atoms with E-state index in [2.05, 4.69) is 13.8 Å². The van der Waals surface area contributed by atoms with Gasteiger partial charge in [-0.3, -0.25) is 0 Å². The number of aliphatic hydroxyl groups excluding tert-OH is 1. The van der Waals surface area contributed by atoms with Crippen molar-refractivity contribution in [3.63, 3.8) is 0 Å². The molecule has 0 aliphatic rings. The molecule has 0 bridgehead atoms. The second-order valence-corrected chi connectivity index (χ2v) is 2.75. The molecule has 0 heterocycles. The predicted molar refractivity (Wildman–Crippen MR) is 45.3 cm³/mol. The van der Waals surface area contributed by atoms with Crippen LogP contribution in [0.2, 0.25) is 0 Å². The van der Waals surface area contributed by atoms with Crippen molar-refractivity contribution in [1.82, 2.24) is 0 Å². The Morgan fingerprint density at radius 3 is 2.55 bits per heavy atom. The summed E-state index contributed by atoms with van der Waals surface area (Å²) in [5.74, 6) is 0.478. The molecule has 0 aliphatic heterocycles. The van der Waals surface area contributed by atoms with Crippen LogP contribution in [0.15, 0.2) is 0 Å². The Labute approximate surface area is 68.5 Å². The molecule has 3 N–H and O–H groups in total. The summed E-state index contributed by atoms with van der Waals surface area (Å²) in [7, 11) is 0. The molecule has 0 radical (unpaired) electrons. The Kier molecular flexibility index (Phi) is 6.51. The minimum atomic E-state index is 0.0763. The van der Waals surface area contributed by atoms with Gasteiger partial charge in [0.15, 0.2) is 0 Å². The van der Waals surface area contributed by atoms with Crippen molar-refractivity contribution in [3.05, 3.63) is 0 Å². The maximum Gasteiger partial charge on any atom is 0.0723 e. The molecule has 0 aliphatic carbocycles. The highest BCUT2D eigenvalue weighted by Gasteiger charge is 2.13. The summed E-state index contributed by atoms with van der Waals surface area (Å²) in [5, 5.41) is 8.50. The lowest BCUT2D eigenvalue weighted by Crippen LogP contribution is -2.31. The van der Waals surface area contributed by atoms with Crippen LogP contribution in [0.5, 0.6) is 0 Å². The highest BCUT2D eigenvalue weighted by Crippen LogP contribution is 2.09. The topological polar surface area (TPSA) is 55.5 Å². The van der Waals surface area contributed by atoms with Crippen molar-refractivity contribution in [1.29, 1.82) is 0 Å². The predicted octanol–water partition coefficient (Wildman–Crippen LogP) is 0.369. The molecule has 0 aromatic heterocycles. The monoisotopic (exact) mass is 161 g/mol. The minimum absolute atomic E-state index is 0.0763. The van der Waals surface area contributed by atoms with Gasteiger partial charge in [-0.05, 0) is 5.92 Å². The molecule has 68 valence electrons. The second kappa shape index (κ2) is 6.58. The van der Waals surface area contributed by atoms with Crippen molar-refractivity contribution in [3.8, 4) is 0 Å². The maximum absolute atomic E-state index is 8.50. The van der Waals surface area contributed by atoms with Crippen LogP contribution in [0.25, 0.3) is 0 Å². The number of hydrogen-bond acceptors (Lipinski definition) is 3. The van der Waals surface area contributed by atoms with E-state index in [4.69, 9.17) is 15.6 Å². The fraction of sp³-hybridized carbons (Fsp3) is 1.00. The van der Waals surface area contributed by atoms with Gasteiger partial charge in [0.1, 0.15) is 0 Å². The zero-order valence-corrected chi connectivity index (χ0v) is 7.42. The van der Waals surface area contributed by atoms with Gasteiger partial charge in [0, 0.05) is 6.54 Å². The molecule has 0 fully saturated rings. The smallest absolute Gasteiger partial charge is 0.0723 e. The van der Waals surface area contributed by atoms with Crippen LogP contribution in [0.4, 0.5) is 0 Å². The van der Waals surface area contributed by atoms with Gasteiger partial charge in [0.2, 0.25) is 0 Å². The first-order chi connectivity index (χ1) is 5.26. The number of ether oxygens (including phenoxy) is 1. The van der Waals surface area contributed by atoms with Gasteiger partial charge in [-0.25, -0.2) is 0 Å². The van der Waals surface area contributed by atoms with Gasteiger partial charge in [0.05, 0.1) is 19.3 Å². The lowest BCUT2D eigenvalue weighted by atomic mass is 10.0. The number of hydrogen-bond donors (Lipinski definition) is 2. The fourth-order valence-electron chi connectivity index (χ4n) is 0.932. The first kappa shape index (κ1) is 10.9. The maximum atomic E-state index is 8.50. The second-order valence-electron chi connectivity index (χ2n) is 2.75. The summed E-state index contributed by atoms with van der Waals surface area (Å²) in [6.07, 6.45) is 1.17. The third-order valence-electron chi connectivity index (χ3n) is 1.93. The Hall–Kier alpha value is -0.120. The Balaban J connectivity index is 3.56. The van der Waals surface area contributed by atoms with Crippen LogP contribution < -0.4 is 5.73 Å². The molecular weight excluding hydrogens is 142 g/mol. The average molecular weight is 161 g/mol. The van der Waals surface area contributed by atoms with Crippen LogP contribution in [-0.4, -0.2) is 31.0 Å². The van der Waals surface area contributed by atoms with Gasteiger partial charge in [-0.2, -0.15) is 0 Å². The van der Waals surface area contributed by atoms with E-state index in [1.165, 1.54) is 0 Å². The molecule has 0 aromatic carbocycles.